The van der Waals surface area contributed by atoms with Crippen LogP contribution in [0.15, 0.2) is 42.6 Å². The Labute approximate surface area is 108 Å². The van der Waals surface area contributed by atoms with Crippen molar-refractivity contribution in [1.82, 2.24) is 4.98 Å². The number of para-hydroxylation sites is 1. The largest absolute Gasteiger partial charge is 0.397 e. The lowest BCUT2D eigenvalue weighted by atomic mass is 10.1. The monoisotopic (exact) mass is 241 g/mol. The molecule has 0 bridgehead atoms. The Kier molecular flexibility index (Phi) is 3.82. The second kappa shape index (κ2) is 5.54. The van der Waals surface area contributed by atoms with Crippen LogP contribution in [0.2, 0.25) is 0 Å². The van der Waals surface area contributed by atoms with Crippen molar-refractivity contribution in [2.45, 2.75) is 20.4 Å². The molecule has 3 heteroatoms. The van der Waals surface area contributed by atoms with E-state index in [-0.39, 0.29) is 0 Å². The van der Waals surface area contributed by atoms with Crippen molar-refractivity contribution in [3.63, 3.8) is 0 Å². The Morgan fingerprint density at radius 1 is 1.17 bits per heavy atom. The zero-order valence-electron chi connectivity index (χ0n) is 10.9. The number of nitrogens with zero attached hydrogens (tertiary/aromatic N) is 2. The summed E-state index contributed by atoms with van der Waals surface area (Å²) >= 11 is 0. The second-order valence-electron chi connectivity index (χ2n) is 4.35. The van der Waals surface area contributed by atoms with E-state index >= 15 is 0 Å². The molecule has 0 atom stereocenters. The Hall–Kier alpha value is -2.03. The first-order valence-electron chi connectivity index (χ1n) is 6.22. The molecule has 1 aromatic carbocycles. The number of rotatable bonds is 4. The van der Waals surface area contributed by atoms with Crippen LogP contribution in [0.1, 0.15) is 18.2 Å². The van der Waals surface area contributed by atoms with Crippen molar-refractivity contribution in [2.75, 3.05) is 17.2 Å². The van der Waals surface area contributed by atoms with Crippen LogP contribution < -0.4 is 10.6 Å². The zero-order valence-corrected chi connectivity index (χ0v) is 10.9. The Balaban J connectivity index is 2.29. The third-order valence-electron chi connectivity index (χ3n) is 3.05. The van der Waals surface area contributed by atoms with Gasteiger partial charge in [0.15, 0.2) is 0 Å². The molecule has 0 aliphatic rings. The number of pyridine rings is 1. The van der Waals surface area contributed by atoms with Crippen LogP contribution in [-0.4, -0.2) is 11.5 Å². The van der Waals surface area contributed by atoms with Gasteiger partial charge in [0.05, 0.1) is 23.6 Å². The third kappa shape index (κ3) is 2.62. The van der Waals surface area contributed by atoms with Crippen LogP contribution >= 0.6 is 0 Å². The Morgan fingerprint density at radius 3 is 2.61 bits per heavy atom. The fourth-order valence-electron chi connectivity index (χ4n) is 2.15. The molecule has 0 amide bonds. The standard InChI is InChI=1S/C15H19N3/c1-3-18(11-13-8-4-5-10-17-13)15-12(2)7-6-9-14(15)16/h4-10H,3,11,16H2,1-2H3. The molecule has 94 valence electrons. The van der Waals surface area contributed by atoms with Gasteiger partial charge in [-0.2, -0.15) is 0 Å². The first kappa shape index (κ1) is 12.4. The summed E-state index contributed by atoms with van der Waals surface area (Å²) in [6.45, 7) is 5.92. The van der Waals surface area contributed by atoms with Gasteiger partial charge in [-0.05, 0) is 37.6 Å². The lowest BCUT2D eigenvalue weighted by Crippen LogP contribution is -2.24. The van der Waals surface area contributed by atoms with Crippen molar-refractivity contribution >= 4 is 11.4 Å². The van der Waals surface area contributed by atoms with E-state index in [2.05, 4.69) is 29.8 Å². The van der Waals surface area contributed by atoms with Crippen molar-refractivity contribution < 1.29 is 0 Å². The third-order valence-corrected chi connectivity index (χ3v) is 3.05. The highest BCUT2D eigenvalue weighted by Gasteiger charge is 2.11. The number of benzene rings is 1. The number of hydrogen-bond donors (Lipinski definition) is 1. The smallest absolute Gasteiger partial charge is 0.0633 e. The maximum Gasteiger partial charge on any atom is 0.0633 e. The van der Waals surface area contributed by atoms with Crippen molar-refractivity contribution in [2.24, 2.45) is 0 Å². The summed E-state index contributed by atoms with van der Waals surface area (Å²) in [4.78, 5) is 6.63. The highest BCUT2D eigenvalue weighted by Crippen LogP contribution is 2.28. The molecular formula is C15H19N3. The van der Waals surface area contributed by atoms with Crippen LogP contribution in [0.4, 0.5) is 11.4 Å². The van der Waals surface area contributed by atoms with Gasteiger partial charge < -0.3 is 10.6 Å². The van der Waals surface area contributed by atoms with Crippen LogP contribution in [0, 0.1) is 6.92 Å². The zero-order chi connectivity index (χ0) is 13.0. The molecule has 0 saturated heterocycles. The summed E-state index contributed by atoms with van der Waals surface area (Å²) < 4.78 is 0. The number of hydrogen-bond acceptors (Lipinski definition) is 3. The fraction of sp³-hybridized carbons (Fsp3) is 0.267. The van der Waals surface area contributed by atoms with Crippen molar-refractivity contribution in [3.05, 3.63) is 53.9 Å². The summed E-state index contributed by atoms with van der Waals surface area (Å²) in [6.07, 6.45) is 1.82. The van der Waals surface area contributed by atoms with E-state index < -0.39 is 0 Å². The quantitative estimate of drug-likeness (QED) is 0.837. The average Bonchev–Trinajstić information content (AvgIpc) is 2.38. The molecule has 3 nitrogen and oxygen atoms in total. The van der Waals surface area contributed by atoms with E-state index in [0.717, 1.165) is 30.2 Å². The molecule has 0 fully saturated rings. The number of nitrogens with two attached hydrogens (primary N) is 1. The minimum atomic E-state index is 0.784. The van der Waals surface area contributed by atoms with Gasteiger partial charge in [-0.25, -0.2) is 0 Å². The van der Waals surface area contributed by atoms with E-state index in [9.17, 15) is 0 Å². The average molecular weight is 241 g/mol. The van der Waals surface area contributed by atoms with E-state index in [4.69, 9.17) is 5.73 Å². The normalized spacial score (nSPS) is 10.3. The fourth-order valence-corrected chi connectivity index (χ4v) is 2.15. The van der Waals surface area contributed by atoms with Crippen molar-refractivity contribution in [1.29, 1.82) is 0 Å². The minimum Gasteiger partial charge on any atom is -0.397 e. The van der Waals surface area contributed by atoms with E-state index in [1.165, 1.54) is 5.56 Å². The summed E-state index contributed by atoms with van der Waals surface area (Å²) in [5.41, 5.74) is 10.3. The van der Waals surface area contributed by atoms with Gasteiger partial charge in [0.25, 0.3) is 0 Å². The predicted octanol–water partition coefficient (Wildman–Crippen LogP) is 3.00. The van der Waals surface area contributed by atoms with Crippen LogP contribution in [0.5, 0.6) is 0 Å². The molecule has 2 rings (SSSR count). The number of aromatic nitrogens is 1. The molecule has 0 saturated carbocycles. The molecule has 1 heterocycles. The van der Waals surface area contributed by atoms with Gasteiger partial charge >= 0.3 is 0 Å². The minimum absolute atomic E-state index is 0.784. The van der Waals surface area contributed by atoms with Gasteiger partial charge in [-0.3, -0.25) is 4.98 Å². The summed E-state index contributed by atoms with van der Waals surface area (Å²) in [5, 5.41) is 0. The molecule has 0 aliphatic carbocycles. The first-order valence-corrected chi connectivity index (χ1v) is 6.22. The highest BCUT2D eigenvalue weighted by atomic mass is 15.1. The lowest BCUT2D eigenvalue weighted by Gasteiger charge is -2.26. The molecule has 0 unspecified atom stereocenters. The maximum absolute atomic E-state index is 6.09. The van der Waals surface area contributed by atoms with Crippen molar-refractivity contribution in [3.8, 4) is 0 Å². The predicted molar refractivity (Wildman–Crippen MR) is 76.6 cm³/mol. The molecule has 1 aromatic heterocycles. The maximum atomic E-state index is 6.09. The molecule has 0 aliphatic heterocycles. The van der Waals surface area contributed by atoms with Gasteiger partial charge in [0, 0.05) is 12.7 Å². The van der Waals surface area contributed by atoms with Gasteiger partial charge in [0.1, 0.15) is 0 Å². The summed E-state index contributed by atoms with van der Waals surface area (Å²) in [5.74, 6) is 0. The SMILES string of the molecule is CCN(Cc1ccccn1)c1c(C)cccc1N. The molecule has 0 spiro atoms. The van der Waals surface area contributed by atoms with Gasteiger partial charge in [-0.1, -0.05) is 18.2 Å². The molecular weight excluding hydrogens is 222 g/mol. The van der Waals surface area contributed by atoms with E-state index in [1.807, 2.05) is 36.5 Å². The van der Waals surface area contributed by atoms with Gasteiger partial charge in [-0.15, -0.1) is 0 Å². The second-order valence-corrected chi connectivity index (χ2v) is 4.35. The lowest BCUT2D eigenvalue weighted by molar-refractivity contribution is 0.808. The Bertz CT molecular complexity index is 488. The first-order chi connectivity index (χ1) is 8.72. The van der Waals surface area contributed by atoms with Crippen LogP contribution in [-0.2, 0) is 6.54 Å². The summed E-state index contributed by atoms with van der Waals surface area (Å²) in [7, 11) is 0. The van der Waals surface area contributed by atoms with E-state index in [0.29, 0.717) is 0 Å². The Morgan fingerprint density at radius 2 is 2.00 bits per heavy atom. The molecule has 0 radical (unpaired) electrons. The molecule has 2 N–H and O–H groups in total. The van der Waals surface area contributed by atoms with Gasteiger partial charge in [0.2, 0.25) is 0 Å². The number of anilines is 2. The molecule has 18 heavy (non-hydrogen) atoms. The van der Waals surface area contributed by atoms with E-state index in [1.54, 1.807) is 0 Å². The van der Waals surface area contributed by atoms with Crippen LogP contribution in [0.25, 0.3) is 0 Å². The molecule has 2 aromatic rings. The summed E-state index contributed by atoms with van der Waals surface area (Å²) in [6, 6.07) is 12.0. The topological polar surface area (TPSA) is 42.2 Å². The highest BCUT2D eigenvalue weighted by molar-refractivity contribution is 5.71. The number of nitrogen functional groups attached to an aromatic ring is 1. The number of aryl methyl sites for hydroxylation is 1. The van der Waals surface area contributed by atoms with Crippen LogP contribution in [0.3, 0.4) is 0 Å².